The molecule has 1 aromatic rings. The molecule has 3 nitrogen and oxygen atoms in total. The van der Waals surface area contributed by atoms with Gasteiger partial charge in [-0.3, -0.25) is 0 Å². The maximum atomic E-state index is 6.12. The normalized spacial score (nSPS) is 21.2. The lowest BCUT2D eigenvalue weighted by molar-refractivity contribution is 0.543. The standard InChI is InChI=1S/C14H25N3/c1-3-5-7-10(4-2)14-16-12-9-6-8-11(15)13(12)17-14/h10-11H,3-9,15H2,1-2H3,(H,16,17). The average Bonchev–Trinajstić information content (AvgIpc) is 2.75. The number of nitrogens with two attached hydrogens (primary N) is 1. The van der Waals surface area contributed by atoms with Crippen LogP contribution in [-0.4, -0.2) is 9.97 Å². The lowest BCUT2D eigenvalue weighted by atomic mass is 9.97. The van der Waals surface area contributed by atoms with Crippen LogP contribution in [0.1, 0.15) is 81.5 Å². The maximum Gasteiger partial charge on any atom is 0.109 e. The minimum Gasteiger partial charge on any atom is -0.345 e. The first-order chi connectivity index (χ1) is 8.26. The van der Waals surface area contributed by atoms with E-state index in [1.54, 1.807) is 0 Å². The predicted octanol–water partition coefficient (Wildman–Crippen LogP) is 3.43. The molecule has 0 saturated carbocycles. The Kier molecular flexibility index (Phi) is 4.21. The summed E-state index contributed by atoms with van der Waals surface area (Å²) in [6.45, 7) is 4.50. The third kappa shape index (κ3) is 2.71. The molecule has 1 aromatic heterocycles. The zero-order valence-electron chi connectivity index (χ0n) is 11.1. The first-order valence-electron chi connectivity index (χ1n) is 7.10. The fourth-order valence-corrected chi connectivity index (χ4v) is 2.75. The molecule has 3 heteroatoms. The number of hydrogen-bond acceptors (Lipinski definition) is 2. The monoisotopic (exact) mass is 235 g/mol. The number of H-pyrrole nitrogens is 1. The van der Waals surface area contributed by atoms with E-state index < -0.39 is 0 Å². The van der Waals surface area contributed by atoms with Gasteiger partial charge in [-0.25, -0.2) is 4.98 Å². The van der Waals surface area contributed by atoms with Crippen LogP contribution < -0.4 is 5.73 Å². The van der Waals surface area contributed by atoms with E-state index in [-0.39, 0.29) is 6.04 Å². The van der Waals surface area contributed by atoms with Crippen LogP contribution in [0.15, 0.2) is 0 Å². The molecule has 1 aliphatic carbocycles. The molecule has 0 amide bonds. The quantitative estimate of drug-likeness (QED) is 0.821. The fourth-order valence-electron chi connectivity index (χ4n) is 2.75. The molecule has 96 valence electrons. The summed E-state index contributed by atoms with van der Waals surface area (Å²) in [6.07, 6.45) is 8.37. The van der Waals surface area contributed by atoms with Crippen molar-refractivity contribution < 1.29 is 0 Å². The maximum absolute atomic E-state index is 6.12. The van der Waals surface area contributed by atoms with Crippen molar-refractivity contribution in [1.29, 1.82) is 0 Å². The molecular weight excluding hydrogens is 210 g/mol. The van der Waals surface area contributed by atoms with Gasteiger partial charge in [0.25, 0.3) is 0 Å². The van der Waals surface area contributed by atoms with E-state index in [9.17, 15) is 0 Å². The number of hydrogen-bond donors (Lipinski definition) is 2. The van der Waals surface area contributed by atoms with Gasteiger partial charge in [0.15, 0.2) is 0 Å². The molecule has 0 spiro atoms. The molecular formula is C14H25N3. The first-order valence-corrected chi connectivity index (χ1v) is 7.10. The van der Waals surface area contributed by atoms with Crippen molar-refractivity contribution in [3.05, 3.63) is 17.2 Å². The highest BCUT2D eigenvalue weighted by Crippen LogP contribution is 2.30. The van der Waals surface area contributed by atoms with Crippen LogP contribution in [-0.2, 0) is 6.42 Å². The van der Waals surface area contributed by atoms with Crippen LogP contribution in [0.2, 0.25) is 0 Å². The van der Waals surface area contributed by atoms with Crippen molar-refractivity contribution in [2.75, 3.05) is 0 Å². The Labute approximate surface area is 104 Å². The molecule has 0 bridgehead atoms. The van der Waals surface area contributed by atoms with Crippen LogP contribution in [0, 0.1) is 0 Å². The van der Waals surface area contributed by atoms with E-state index in [0.717, 1.165) is 18.5 Å². The van der Waals surface area contributed by atoms with Gasteiger partial charge in [-0.1, -0.05) is 26.7 Å². The number of nitrogens with one attached hydrogen (secondary N) is 1. The zero-order chi connectivity index (χ0) is 12.3. The number of rotatable bonds is 5. The van der Waals surface area contributed by atoms with Gasteiger partial charge in [0.05, 0.1) is 5.69 Å². The minimum atomic E-state index is 0.160. The van der Waals surface area contributed by atoms with Gasteiger partial charge in [-0.05, 0) is 32.1 Å². The van der Waals surface area contributed by atoms with E-state index in [4.69, 9.17) is 10.7 Å². The van der Waals surface area contributed by atoms with Gasteiger partial charge in [-0.2, -0.15) is 0 Å². The number of fused-ring (bicyclic) bond motifs is 1. The summed E-state index contributed by atoms with van der Waals surface area (Å²) in [7, 11) is 0. The van der Waals surface area contributed by atoms with Gasteiger partial charge in [0.2, 0.25) is 0 Å². The number of aryl methyl sites for hydroxylation is 1. The highest BCUT2D eigenvalue weighted by molar-refractivity contribution is 5.22. The lowest BCUT2D eigenvalue weighted by Gasteiger charge is -2.15. The lowest BCUT2D eigenvalue weighted by Crippen LogP contribution is -2.17. The van der Waals surface area contributed by atoms with E-state index in [0.29, 0.717) is 5.92 Å². The second kappa shape index (κ2) is 5.67. The molecule has 2 atom stereocenters. The SMILES string of the molecule is CCCCC(CC)c1nc2c([nH]1)CCCC2N. The number of nitrogens with zero attached hydrogens (tertiary/aromatic N) is 1. The summed E-state index contributed by atoms with van der Waals surface area (Å²) < 4.78 is 0. The van der Waals surface area contributed by atoms with Crippen molar-refractivity contribution in [2.45, 2.75) is 70.8 Å². The second-order valence-electron chi connectivity index (χ2n) is 5.23. The third-order valence-electron chi connectivity index (χ3n) is 3.91. The molecule has 0 radical (unpaired) electrons. The topological polar surface area (TPSA) is 54.7 Å². The minimum absolute atomic E-state index is 0.160. The number of imidazole rings is 1. The molecule has 0 fully saturated rings. The summed E-state index contributed by atoms with van der Waals surface area (Å²) in [4.78, 5) is 8.31. The molecule has 17 heavy (non-hydrogen) atoms. The number of aromatic nitrogens is 2. The number of unbranched alkanes of at least 4 members (excludes halogenated alkanes) is 1. The van der Waals surface area contributed by atoms with Crippen molar-refractivity contribution in [3.8, 4) is 0 Å². The Hall–Kier alpha value is -0.830. The highest BCUT2D eigenvalue weighted by Gasteiger charge is 2.23. The summed E-state index contributed by atoms with van der Waals surface area (Å²) in [5, 5.41) is 0. The largest absolute Gasteiger partial charge is 0.345 e. The summed E-state index contributed by atoms with van der Waals surface area (Å²) in [6, 6.07) is 0.160. The van der Waals surface area contributed by atoms with Gasteiger partial charge >= 0.3 is 0 Å². The van der Waals surface area contributed by atoms with Crippen molar-refractivity contribution in [2.24, 2.45) is 5.73 Å². The Morgan fingerprint density at radius 2 is 2.29 bits per heavy atom. The summed E-state index contributed by atoms with van der Waals surface area (Å²) >= 11 is 0. The molecule has 0 aliphatic heterocycles. The van der Waals surface area contributed by atoms with Crippen LogP contribution in [0.5, 0.6) is 0 Å². The number of aromatic amines is 1. The van der Waals surface area contributed by atoms with E-state index >= 15 is 0 Å². The van der Waals surface area contributed by atoms with Crippen molar-refractivity contribution in [1.82, 2.24) is 9.97 Å². The first kappa shape index (κ1) is 12.6. The molecule has 1 heterocycles. The van der Waals surface area contributed by atoms with Gasteiger partial charge in [0.1, 0.15) is 5.82 Å². The Morgan fingerprint density at radius 1 is 1.47 bits per heavy atom. The Morgan fingerprint density at radius 3 is 2.94 bits per heavy atom. The zero-order valence-corrected chi connectivity index (χ0v) is 11.1. The molecule has 0 saturated heterocycles. The molecule has 0 aromatic carbocycles. The average molecular weight is 235 g/mol. The van der Waals surface area contributed by atoms with Crippen LogP contribution in [0.4, 0.5) is 0 Å². The van der Waals surface area contributed by atoms with Crippen LogP contribution in [0.3, 0.4) is 0 Å². The molecule has 1 aliphatic rings. The van der Waals surface area contributed by atoms with Crippen molar-refractivity contribution in [3.63, 3.8) is 0 Å². The second-order valence-corrected chi connectivity index (χ2v) is 5.23. The predicted molar refractivity (Wildman–Crippen MR) is 71.0 cm³/mol. The van der Waals surface area contributed by atoms with Crippen LogP contribution in [0.25, 0.3) is 0 Å². The van der Waals surface area contributed by atoms with Gasteiger partial charge in [0, 0.05) is 17.7 Å². The third-order valence-corrected chi connectivity index (χ3v) is 3.91. The summed E-state index contributed by atoms with van der Waals surface area (Å²) in [5.74, 6) is 1.77. The van der Waals surface area contributed by atoms with Gasteiger partial charge < -0.3 is 10.7 Å². The van der Waals surface area contributed by atoms with Gasteiger partial charge in [-0.15, -0.1) is 0 Å². The van der Waals surface area contributed by atoms with E-state index in [1.165, 1.54) is 43.6 Å². The molecule has 2 unspecified atom stereocenters. The van der Waals surface area contributed by atoms with E-state index in [1.807, 2.05) is 0 Å². The van der Waals surface area contributed by atoms with Crippen molar-refractivity contribution >= 4 is 0 Å². The highest BCUT2D eigenvalue weighted by atomic mass is 15.0. The molecule has 2 rings (SSSR count). The fraction of sp³-hybridized carbons (Fsp3) is 0.786. The Balaban J connectivity index is 2.15. The van der Waals surface area contributed by atoms with E-state index in [2.05, 4.69) is 18.8 Å². The summed E-state index contributed by atoms with van der Waals surface area (Å²) in [5.41, 5.74) is 8.56. The molecule has 3 N–H and O–H groups in total. The van der Waals surface area contributed by atoms with Crippen LogP contribution >= 0.6 is 0 Å². The Bertz CT molecular complexity index is 356. The smallest absolute Gasteiger partial charge is 0.109 e.